The molecule has 114 valence electrons. The second-order valence-corrected chi connectivity index (χ2v) is 5.83. The van der Waals surface area contributed by atoms with Gasteiger partial charge in [0.25, 0.3) is 5.56 Å². The van der Waals surface area contributed by atoms with E-state index in [9.17, 15) is 9.59 Å². The molecule has 3 rings (SSSR count). The van der Waals surface area contributed by atoms with Gasteiger partial charge < -0.3 is 4.98 Å². The molecular formula is C15H17N5O2. The Kier molecular flexibility index (Phi) is 3.40. The number of hydrogen-bond donors (Lipinski definition) is 3. The second kappa shape index (κ2) is 5.25. The first kappa shape index (κ1) is 14.2. The van der Waals surface area contributed by atoms with Crippen LogP contribution in [0.4, 0.5) is 0 Å². The molecule has 0 aliphatic carbocycles. The van der Waals surface area contributed by atoms with Gasteiger partial charge in [-0.25, -0.2) is 9.78 Å². The number of rotatable bonds is 3. The van der Waals surface area contributed by atoms with E-state index in [1.807, 2.05) is 19.1 Å². The highest BCUT2D eigenvalue weighted by Gasteiger charge is 2.12. The van der Waals surface area contributed by atoms with Crippen LogP contribution in [0, 0.1) is 12.8 Å². The summed E-state index contributed by atoms with van der Waals surface area (Å²) in [5, 5.41) is 7.26. The molecule has 0 unspecified atom stereocenters. The van der Waals surface area contributed by atoms with Gasteiger partial charge in [0.15, 0.2) is 5.52 Å². The van der Waals surface area contributed by atoms with Crippen LogP contribution in [0.1, 0.15) is 25.1 Å². The smallest absolute Gasteiger partial charge is 0.305 e. The maximum absolute atomic E-state index is 11.9. The summed E-state index contributed by atoms with van der Waals surface area (Å²) in [6.45, 7) is 6.09. The lowest BCUT2D eigenvalue weighted by Crippen LogP contribution is -2.23. The fourth-order valence-corrected chi connectivity index (χ4v) is 2.47. The average molecular weight is 299 g/mol. The van der Waals surface area contributed by atoms with Crippen molar-refractivity contribution in [1.82, 2.24) is 25.1 Å². The number of nitrogens with one attached hydrogen (secondary N) is 3. The Hall–Kier alpha value is -2.70. The first-order valence-electron chi connectivity index (χ1n) is 7.12. The number of aromatic amines is 3. The summed E-state index contributed by atoms with van der Waals surface area (Å²) >= 11 is 0. The van der Waals surface area contributed by atoms with Crippen molar-refractivity contribution in [1.29, 1.82) is 0 Å². The van der Waals surface area contributed by atoms with Crippen molar-refractivity contribution in [2.75, 3.05) is 0 Å². The summed E-state index contributed by atoms with van der Waals surface area (Å²) in [7, 11) is 0. The molecule has 3 heterocycles. The first-order chi connectivity index (χ1) is 10.4. The van der Waals surface area contributed by atoms with Gasteiger partial charge in [-0.1, -0.05) is 13.8 Å². The maximum Gasteiger partial charge on any atom is 0.326 e. The Labute approximate surface area is 125 Å². The Morgan fingerprint density at radius 2 is 1.91 bits per heavy atom. The van der Waals surface area contributed by atoms with Gasteiger partial charge in [0.2, 0.25) is 0 Å². The zero-order valence-electron chi connectivity index (χ0n) is 12.7. The standard InChI is InChI=1S/C15H17N5O2/c1-7(2)4-9-6-11(20-19-9)10-5-8(3)12-13(16-10)14(21)18-15(22)17-12/h5-7H,4H2,1-3H3,(H,19,20)(H2,17,18,21,22). The van der Waals surface area contributed by atoms with Crippen LogP contribution in [0.25, 0.3) is 22.4 Å². The summed E-state index contributed by atoms with van der Waals surface area (Å²) in [5.41, 5.74) is 2.73. The summed E-state index contributed by atoms with van der Waals surface area (Å²) in [6, 6.07) is 3.75. The van der Waals surface area contributed by atoms with Gasteiger partial charge in [-0.2, -0.15) is 5.10 Å². The Morgan fingerprint density at radius 1 is 1.14 bits per heavy atom. The molecule has 7 heteroatoms. The van der Waals surface area contributed by atoms with Gasteiger partial charge in [-0.15, -0.1) is 0 Å². The number of pyridine rings is 1. The van der Waals surface area contributed by atoms with Crippen molar-refractivity contribution >= 4 is 11.0 Å². The third-order valence-corrected chi connectivity index (χ3v) is 3.42. The Bertz CT molecular complexity index is 948. The molecular weight excluding hydrogens is 282 g/mol. The molecule has 0 atom stereocenters. The van der Waals surface area contributed by atoms with Crippen molar-refractivity contribution in [3.8, 4) is 11.4 Å². The fourth-order valence-electron chi connectivity index (χ4n) is 2.47. The molecule has 3 aromatic heterocycles. The summed E-state index contributed by atoms with van der Waals surface area (Å²) in [4.78, 5) is 32.4. The van der Waals surface area contributed by atoms with Crippen molar-refractivity contribution in [3.63, 3.8) is 0 Å². The number of H-pyrrole nitrogens is 3. The van der Waals surface area contributed by atoms with Crippen molar-refractivity contribution < 1.29 is 0 Å². The molecule has 0 bridgehead atoms. The third-order valence-electron chi connectivity index (χ3n) is 3.42. The van der Waals surface area contributed by atoms with Gasteiger partial charge in [0.1, 0.15) is 5.69 Å². The summed E-state index contributed by atoms with van der Waals surface area (Å²) < 4.78 is 0. The highest BCUT2D eigenvalue weighted by atomic mass is 16.2. The molecule has 0 aliphatic rings. The summed E-state index contributed by atoms with van der Waals surface area (Å²) in [5.74, 6) is 0.521. The predicted octanol–water partition coefficient (Wildman–Crippen LogP) is 1.51. The maximum atomic E-state index is 11.9. The largest absolute Gasteiger partial charge is 0.326 e. The van der Waals surface area contributed by atoms with Crippen LogP contribution in [-0.4, -0.2) is 25.1 Å². The lowest BCUT2D eigenvalue weighted by molar-refractivity contribution is 0.633. The lowest BCUT2D eigenvalue weighted by Gasteiger charge is -2.03. The third kappa shape index (κ3) is 2.57. The van der Waals surface area contributed by atoms with E-state index in [1.54, 1.807) is 0 Å². The van der Waals surface area contributed by atoms with E-state index < -0.39 is 11.2 Å². The minimum Gasteiger partial charge on any atom is -0.305 e. The van der Waals surface area contributed by atoms with Crippen LogP contribution in [0.15, 0.2) is 21.7 Å². The minimum absolute atomic E-state index is 0.211. The van der Waals surface area contributed by atoms with Crippen LogP contribution >= 0.6 is 0 Å². The van der Waals surface area contributed by atoms with Gasteiger partial charge in [-0.3, -0.25) is 14.9 Å². The van der Waals surface area contributed by atoms with E-state index in [2.05, 4.69) is 39.0 Å². The quantitative estimate of drug-likeness (QED) is 0.681. The number of aryl methyl sites for hydroxylation is 1. The number of aromatic nitrogens is 5. The van der Waals surface area contributed by atoms with Gasteiger partial charge in [0.05, 0.1) is 11.2 Å². The highest BCUT2D eigenvalue weighted by Crippen LogP contribution is 2.21. The number of fused-ring (bicyclic) bond motifs is 1. The molecule has 0 aromatic carbocycles. The molecule has 0 saturated carbocycles. The second-order valence-electron chi connectivity index (χ2n) is 5.83. The molecule has 22 heavy (non-hydrogen) atoms. The monoisotopic (exact) mass is 299 g/mol. The zero-order chi connectivity index (χ0) is 15.9. The molecule has 0 spiro atoms. The van der Waals surface area contributed by atoms with Crippen molar-refractivity contribution in [3.05, 3.63) is 44.2 Å². The van der Waals surface area contributed by atoms with Crippen molar-refractivity contribution in [2.24, 2.45) is 5.92 Å². The molecule has 0 amide bonds. The Balaban J connectivity index is 2.14. The van der Waals surface area contributed by atoms with E-state index in [0.29, 0.717) is 22.8 Å². The van der Waals surface area contributed by atoms with Gasteiger partial charge in [0, 0.05) is 5.69 Å². The topological polar surface area (TPSA) is 107 Å². The number of hydrogen-bond acceptors (Lipinski definition) is 4. The fraction of sp³-hybridized carbons (Fsp3) is 0.333. The van der Waals surface area contributed by atoms with Crippen LogP contribution in [0.2, 0.25) is 0 Å². The minimum atomic E-state index is -0.533. The molecule has 0 saturated heterocycles. The van der Waals surface area contributed by atoms with Gasteiger partial charge in [-0.05, 0) is 37.0 Å². The van der Waals surface area contributed by atoms with E-state index in [-0.39, 0.29) is 5.52 Å². The average Bonchev–Trinajstić information content (AvgIpc) is 2.87. The Morgan fingerprint density at radius 3 is 2.64 bits per heavy atom. The molecule has 3 N–H and O–H groups in total. The first-order valence-corrected chi connectivity index (χ1v) is 7.12. The van der Waals surface area contributed by atoms with Crippen molar-refractivity contribution in [2.45, 2.75) is 27.2 Å². The van der Waals surface area contributed by atoms with E-state index in [0.717, 1.165) is 17.7 Å². The SMILES string of the molecule is Cc1cc(-c2cc(CC(C)C)[nH]n2)nc2c(=O)[nH]c(=O)[nH]c12. The molecule has 0 radical (unpaired) electrons. The van der Waals surface area contributed by atoms with Crippen LogP contribution in [0.5, 0.6) is 0 Å². The van der Waals surface area contributed by atoms with E-state index in [4.69, 9.17) is 0 Å². The van der Waals surface area contributed by atoms with Crippen LogP contribution in [-0.2, 0) is 6.42 Å². The van der Waals surface area contributed by atoms with Crippen LogP contribution < -0.4 is 11.2 Å². The van der Waals surface area contributed by atoms with Crippen LogP contribution in [0.3, 0.4) is 0 Å². The van der Waals surface area contributed by atoms with Gasteiger partial charge >= 0.3 is 5.69 Å². The zero-order valence-corrected chi connectivity index (χ0v) is 12.7. The highest BCUT2D eigenvalue weighted by molar-refractivity contribution is 5.79. The number of nitrogens with zero attached hydrogens (tertiary/aromatic N) is 2. The predicted molar refractivity (Wildman–Crippen MR) is 83.8 cm³/mol. The van der Waals surface area contributed by atoms with E-state index in [1.165, 1.54) is 0 Å². The van der Waals surface area contributed by atoms with E-state index >= 15 is 0 Å². The summed E-state index contributed by atoms with van der Waals surface area (Å²) in [6.07, 6.45) is 0.896. The normalized spacial score (nSPS) is 11.5. The molecule has 0 aliphatic heterocycles. The molecule has 3 aromatic rings. The lowest BCUT2D eigenvalue weighted by atomic mass is 10.1. The molecule has 0 fully saturated rings. The molecule has 7 nitrogen and oxygen atoms in total.